The second-order valence-corrected chi connectivity index (χ2v) is 4.88. The molecule has 3 rings (SSSR count). The van der Waals surface area contributed by atoms with E-state index < -0.39 is 5.97 Å². The number of carbonyl (C=O) groups is 1. The highest BCUT2D eigenvalue weighted by Crippen LogP contribution is 2.31. The Morgan fingerprint density at radius 2 is 1.95 bits per heavy atom. The van der Waals surface area contributed by atoms with E-state index in [0.29, 0.717) is 11.3 Å². The van der Waals surface area contributed by atoms with Crippen LogP contribution in [0, 0.1) is 4.91 Å². The van der Waals surface area contributed by atoms with Crippen molar-refractivity contribution < 1.29 is 9.90 Å². The largest absolute Gasteiger partial charge is 0.478 e. The first-order valence-electron chi connectivity index (χ1n) is 6.82. The molecule has 110 valence electrons. The van der Waals surface area contributed by atoms with Crippen LogP contribution in [0.1, 0.15) is 22.8 Å². The number of carboxylic acids is 1. The van der Waals surface area contributed by atoms with E-state index in [1.54, 1.807) is 6.07 Å². The van der Waals surface area contributed by atoms with Crippen molar-refractivity contribution in [2.75, 3.05) is 0 Å². The van der Waals surface area contributed by atoms with Gasteiger partial charge in [0.25, 0.3) is 0 Å². The third kappa shape index (κ3) is 2.24. The summed E-state index contributed by atoms with van der Waals surface area (Å²) in [5, 5.41) is 12.1. The molecular weight excluding hydrogens is 282 g/mol. The lowest BCUT2D eigenvalue weighted by Gasteiger charge is -2.00. The molecule has 6 nitrogen and oxygen atoms in total. The van der Waals surface area contributed by atoms with Crippen LogP contribution in [0.25, 0.3) is 16.9 Å². The minimum atomic E-state index is -1.07. The molecule has 0 amide bonds. The Morgan fingerprint density at radius 1 is 1.23 bits per heavy atom. The normalized spacial score (nSPS) is 10.8. The van der Waals surface area contributed by atoms with Crippen LogP contribution in [0.5, 0.6) is 0 Å². The first-order chi connectivity index (χ1) is 10.6. The van der Waals surface area contributed by atoms with Gasteiger partial charge in [-0.2, -0.15) is 0 Å². The van der Waals surface area contributed by atoms with E-state index in [1.807, 2.05) is 24.3 Å². The van der Waals surface area contributed by atoms with Gasteiger partial charge in [-0.05, 0) is 29.3 Å². The Labute approximate surface area is 126 Å². The first kappa shape index (κ1) is 13.9. The number of nitroso groups, excluding NO2 is 1. The molecule has 2 heterocycles. The molecule has 0 bridgehead atoms. The van der Waals surface area contributed by atoms with E-state index in [-0.39, 0.29) is 11.4 Å². The van der Waals surface area contributed by atoms with Crippen molar-refractivity contribution in [2.24, 2.45) is 5.18 Å². The monoisotopic (exact) mass is 295 g/mol. The Hall–Kier alpha value is -3.02. The van der Waals surface area contributed by atoms with E-state index in [4.69, 9.17) is 5.11 Å². The lowest BCUT2D eigenvalue weighted by Crippen LogP contribution is -1.98. The highest BCUT2D eigenvalue weighted by molar-refractivity contribution is 5.88. The van der Waals surface area contributed by atoms with Crippen molar-refractivity contribution in [3.63, 3.8) is 0 Å². The molecule has 0 atom stereocenters. The zero-order chi connectivity index (χ0) is 15.7. The van der Waals surface area contributed by atoms with Crippen molar-refractivity contribution in [1.82, 2.24) is 9.38 Å². The van der Waals surface area contributed by atoms with Gasteiger partial charge in [0.05, 0.1) is 5.56 Å². The predicted molar refractivity (Wildman–Crippen MR) is 82.4 cm³/mol. The molecule has 0 saturated heterocycles. The number of aryl methyl sites for hydroxylation is 1. The fourth-order valence-corrected chi connectivity index (χ4v) is 2.34. The highest BCUT2D eigenvalue weighted by Gasteiger charge is 2.16. The zero-order valence-electron chi connectivity index (χ0n) is 11.9. The van der Waals surface area contributed by atoms with Gasteiger partial charge in [0.15, 0.2) is 0 Å². The van der Waals surface area contributed by atoms with Crippen LogP contribution < -0.4 is 0 Å². The molecule has 0 aliphatic carbocycles. The predicted octanol–water partition coefficient (Wildman–Crippen LogP) is 3.66. The topological polar surface area (TPSA) is 84.0 Å². The molecule has 0 aliphatic rings. The van der Waals surface area contributed by atoms with Crippen LogP contribution in [0.2, 0.25) is 0 Å². The first-order valence-corrected chi connectivity index (χ1v) is 6.82. The third-order valence-electron chi connectivity index (χ3n) is 3.56. The van der Waals surface area contributed by atoms with Gasteiger partial charge in [-0.3, -0.25) is 4.40 Å². The molecule has 0 spiro atoms. The third-order valence-corrected chi connectivity index (χ3v) is 3.56. The molecule has 0 fully saturated rings. The molecule has 22 heavy (non-hydrogen) atoms. The van der Waals surface area contributed by atoms with Gasteiger partial charge in [0.2, 0.25) is 5.82 Å². The summed E-state index contributed by atoms with van der Waals surface area (Å²) in [4.78, 5) is 26.7. The summed E-state index contributed by atoms with van der Waals surface area (Å²) >= 11 is 0. The van der Waals surface area contributed by atoms with Crippen LogP contribution in [-0.4, -0.2) is 20.5 Å². The molecule has 1 N–H and O–H groups in total. The standard InChI is InChI=1S/C16H13N3O3/c1-2-10-3-5-11(6-4-10)14-15(18-22)19-9-12(16(20)21)7-8-13(19)17-14/h3-9H,2H2,1H3,(H,20,21). The summed E-state index contributed by atoms with van der Waals surface area (Å²) < 4.78 is 1.40. The van der Waals surface area contributed by atoms with E-state index >= 15 is 0 Å². The number of benzene rings is 1. The molecule has 0 unspecified atom stereocenters. The average Bonchev–Trinajstić information content (AvgIpc) is 2.92. The maximum atomic E-state index is 11.2. The quantitative estimate of drug-likeness (QED) is 0.744. The number of imidazole rings is 1. The average molecular weight is 295 g/mol. The smallest absolute Gasteiger partial charge is 0.337 e. The molecule has 2 aromatic heterocycles. The van der Waals surface area contributed by atoms with Gasteiger partial charge in [-0.1, -0.05) is 31.2 Å². The Bertz CT molecular complexity index is 866. The summed E-state index contributed by atoms with van der Waals surface area (Å²) in [6.07, 6.45) is 2.28. The van der Waals surface area contributed by atoms with Gasteiger partial charge in [-0.25, -0.2) is 9.78 Å². The minimum absolute atomic E-state index is 0.0719. The molecule has 0 radical (unpaired) electrons. The summed E-state index contributed by atoms with van der Waals surface area (Å²) in [7, 11) is 0. The Kier molecular flexibility index (Phi) is 3.42. The SMILES string of the molecule is CCc1ccc(-c2nc3ccc(C(=O)O)cn3c2N=O)cc1. The van der Waals surface area contributed by atoms with Crippen molar-refractivity contribution in [3.8, 4) is 11.3 Å². The number of carboxylic acid groups (broad SMARTS) is 1. The number of hydrogen-bond donors (Lipinski definition) is 1. The summed E-state index contributed by atoms with van der Waals surface area (Å²) in [6, 6.07) is 10.7. The summed E-state index contributed by atoms with van der Waals surface area (Å²) in [5.74, 6) is -0.969. The number of aromatic carboxylic acids is 1. The molecular formula is C16H13N3O3. The number of fused-ring (bicyclic) bond motifs is 1. The molecule has 6 heteroatoms. The Balaban J connectivity index is 2.20. The lowest BCUT2D eigenvalue weighted by atomic mass is 10.1. The van der Waals surface area contributed by atoms with Crippen LogP contribution >= 0.6 is 0 Å². The maximum absolute atomic E-state index is 11.2. The number of aromatic nitrogens is 2. The molecule has 0 saturated carbocycles. The second kappa shape index (κ2) is 5.40. The molecule has 3 aromatic rings. The summed E-state index contributed by atoms with van der Waals surface area (Å²) in [6.45, 7) is 2.06. The second-order valence-electron chi connectivity index (χ2n) is 4.88. The highest BCUT2D eigenvalue weighted by atomic mass is 16.4. The van der Waals surface area contributed by atoms with Crippen molar-refractivity contribution >= 4 is 17.4 Å². The van der Waals surface area contributed by atoms with Crippen molar-refractivity contribution in [3.05, 3.63) is 58.6 Å². The van der Waals surface area contributed by atoms with E-state index in [9.17, 15) is 9.70 Å². The lowest BCUT2D eigenvalue weighted by molar-refractivity contribution is 0.0696. The van der Waals surface area contributed by atoms with Crippen LogP contribution in [0.15, 0.2) is 47.8 Å². The van der Waals surface area contributed by atoms with Gasteiger partial charge in [0, 0.05) is 11.8 Å². The number of rotatable bonds is 4. The van der Waals surface area contributed by atoms with E-state index in [0.717, 1.165) is 12.0 Å². The maximum Gasteiger partial charge on any atom is 0.337 e. The molecule has 0 aliphatic heterocycles. The van der Waals surface area contributed by atoms with E-state index in [2.05, 4.69) is 17.1 Å². The van der Waals surface area contributed by atoms with Crippen LogP contribution in [0.4, 0.5) is 5.82 Å². The summed E-state index contributed by atoms with van der Waals surface area (Å²) in [5.41, 5.74) is 2.95. The molecule has 1 aromatic carbocycles. The Morgan fingerprint density at radius 3 is 2.55 bits per heavy atom. The van der Waals surface area contributed by atoms with Crippen molar-refractivity contribution in [1.29, 1.82) is 0 Å². The van der Waals surface area contributed by atoms with Crippen LogP contribution in [0.3, 0.4) is 0 Å². The van der Waals surface area contributed by atoms with E-state index in [1.165, 1.54) is 22.2 Å². The van der Waals surface area contributed by atoms with Gasteiger partial charge >= 0.3 is 5.97 Å². The number of hydrogen-bond acceptors (Lipinski definition) is 4. The van der Waals surface area contributed by atoms with Gasteiger partial charge < -0.3 is 5.11 Å². The fraction of sp³-hybridized carbons (Fsp3) is 0.125. The van der Waals surface area contributed by atoms with Gasteiger partial charge in [0.1, 0.15) is 11.3 Å². The van der Waals surface area contributed by atoms with Crippen molar-refractivity contribution in [2.45, 2.75) is 13.3 Å². The van der Waals surface area contributed by atoms with Crippen LogP contribution in [-0.2, 0) is 6.42 Å². The number of nitrogens with zero attached hydrogens (tertiary/aromatic N) is 3. The number of pyridine rings is 1. The zero-order valence-corrected chi connectivity index (χ0v) is 11.9. The van der Waals surface area contributed by atoms with Gasteiger partial charge in [-0.15, -0.1) is 4.91 Å². The minimum Gasteiger partial charge on any atom is -0.478 e. The fourth-order valence-electron chi connectivity index (χ4n) is 2.34.